The standard InChI is InChI=1S/C22H24N6O2/c1-22(2,3)20(16-6-4-5-7-23-16)25-21(29)18-15-11-13-10-14(13)19(15)28(26-18)17-12-27(30)9-8-24-17/h4-9,12-14,20H,10-11H2,1-3H3,(H,25,29)/t13-,14-,20+/m1/s1. The van der Waals surface area contributed by atoms with Crippen LogP contribution < -0.4 is 10.0 Å². The van der Waals surface area contributed by atoms with Gasteiger partial charge in [-0.1, -0.05) is 26.8 Å². The van der Waals surface area contributed by atoms with Crippen molar-refractivity contribution in [2.75, 3.05) is 0 Å². The fraction of sp³-hybridized carbons (Fsp3) is 0.409. The number of aromatic nitrogens is 5. The second kappa shape index (κ2) is 6.62. The molecule has 0 aliphatic heterocycles. The maximum Gasteiger partial charge on any atom is 0.272 e. The van der Waals surface area contributed by atoms with Crippen molar-refractivity contribution in [2.45, 2.75) is 45.6 Å². The van der Waals surface area contributed by atoms with E-state index in [1.807, 2.05) is 18.2 Å². The van der Waals surface area contributed by atoms with Gasteiger partial charge in [0.2, 0.25) is 12.0 Å². The van der Waals surface area contributed by atoms with E-state index in [1.54, 1.807) is 10.9 Å². The summed E-state index contributed by atoms with van der Waals surface area (Å²) in [6, 6.07) is 5.45. The van der Waals surface area contributed by atoms with E-state index >= 15 is 0 Å². The first-order valence-corrected chi connectivity index (χ1v) is 10.2. The highest BCUT2D eigenvalue weighted by atomic mass is 16.5. The lowest BCUT2D eigenvalue weighted by molar-refractivity contribution is -0.605. The third kappa shape index (κ3) is 3.12. The first kappa shape index (κ1) is 18.7. The summed E-state index contributed by atoms with van der Waals surface area (Å²) in [5.41, 5.74) is 3.01. The summed E-state index contributed by atoms with van der Waals surface area (Å²) in [5.74, 6) is 1.17. The van der Waals surface area contributed by atoms with Crippen molar-refractivity contribution in [1.29, 1.82) is 0 Å². The Morgan fingerprint density at radius 2 is 2.13 bits per heavy atom. The number of amides is 1. The molecule has 0 aromatic carbocycles. The number of fused-ring (bicyclic) bond motifs is 3. The molecular weight excluding hydrogens is 380 g/mol. The van der Waals surface area contributed by atoms with Crippen LogP contribution in [-0.2, 0) is 6.42 Å². The molecule has 0 spiro atoms. The van der Waals surface area contributed by atoms with Crippen LogP contribution in [0.25, 0.3) is 5.82 Å². The van der Waals surface area contributed by atoms with Gasteiger partial charge in [-0.2, -0.15) is 9.83 Å². The van der Waals surface area contributed by atoms with E-state index in [0.29, 0.717) is 28.1 Å². The Morgan fingerprint density at radius 1 is 1.30 bits per heavy atom. The molecule has 8 nitrogen and oxygen atoms in total. The van der Waals surface area contributed by atoms with Crippen molar-refractivity contribution < 1.29 is 9.52 Å². The quantitative estimate of drug-likeness (QED) is 0.532. The fourth-order valence-corrected chi connectivity index (χ4v) is 4.43. The SMILES string of the molecule is CC(C)(C)[C@@H](NC(=O)c1nn(-c2c[n+]([O-])ccn2)c2c1C[C@H]1C[C@@H]21)c1ccccn1. The number of rotatable bonds is 4. The molecule has 5 rings (SSSR count). The lowest BCUT2D eigenvalue weighted by Gasteiger charge is -2.30. The number of hydrogen-bond acceptors (Lipinski definition) is 5. The van der Waals surface area contributed by atoms with E-state index in [-0.39, 0.29) is 17.4 Å². The Balaban J connectivity index is 1.52. The van der Waals surface area contributed by atoms with Gasteiger partial charge in [-0.25, -0.2) is 9.67 Å². The van der Waals surface area contributed by atoms with Gasteiger partial charge in [0.15, 0.2) is 11.9 Å². The minimum Gasteiger partial charge on any atom is -0.619 e. The summed E-state index contributed by atoms with van der Waals surface area (Å²) in [4.78, 5) is 22.1. The highest BCUT2D eigenvalue weighted by Crippen LogP contribution is 2.57. The highest BCUT2D eigenvalue weighted by molar-refractivity contribution is 5.94. The van der Waals surface area contributed by atoms with Crippen molar-refractivity contribution in [3.63, 3.8) is 0 Å². The van der Waals surface area contributed by atoms with Gasteiger partial charge in [0.05, 0.1) is 23.6 Å². The van der Waals surface area contributed by atoms with Crippen LogP contribution >= 0.6 is 0 Å². The summed E-state index contributed by atoms with van der Waals surface area (Å²) < 4.78 is 2.38. The van der Waals surface area contributed by atoms with Crippen LogP contribution in [0.2, 0.25) is 0 Å². The zero-order valence-electron chi connectivity index (χ0n) is 17.2. The maximum atomic E-state index is 13.4. The minimum atomic E-state index is -0.262. The van der Waals surface area contributed by atoms with Crippen molar-refractivity contribution in [1.82, 2.24) is 25.1 Å². The molecule has 3 heterocycles. The number of carbonyl (C=O) groups excluding carboxylic acids is 1. The van der Waals surface area contributed by atoms with Gasteiger partial charge in [-0.3, -0.25) is 9.78 Å². The van der Waals surface area contributed by atoms with E-state index in [4.69, 9.17) is 0 Å². The monoisotopic (exact) mass is 404 g/mol. The first-order valence-electron chi connectivity index (χ1n) is 10.2. The van der Waals surface area contributed by atoms with Crippen molar-refractivity contribution >= 4 is 5.91 Å². The molecule has 8 heteroatoms. The van der Waals surface area contributed by atoms with Gasteiger partial charge in [0.25, 0.3) is 5.91 Å². The highest BCUT2D eigenvalue weighted by Gasteiger charge is 2.50. The van der Waals surface area contributed by atoms with Crippen LogP contribution in [0.1, 0.15) is 66.6 Å². The number of pyridine rings is 1. The molecule has 0 unspecified atom stereocenters. The van der Waals surface area contributed by atoms with Crippen molar-refractivity contribution in [3.8, 4) is 5.82 Å². The van der Waals surface area contributed by atoms with E-state index in [2.05, 4.69) is 41.2 Å². The zero-order valence-corrected chi connectivity index (χ0v) is 17.2. The fourth-order valence-electron chi connectivity index (χ4n) is 4.43. The van der Waals surface area contributed by atoms with Crippen LogP contribution in [-0.4, -0.2) is 25.7 Å². The molecular formula is C22H24N6O2. The second-order valence-corrected chi connectivity index (χ2v) is 9.23. The molecule has 3 atom stereocenters. The van der Waals surface area contributed by atoms with Crippen LogP contribution in [0, 0.1) is 16.5 Å². The van der Waals surface area contributed by atoms with E-state index in [0.717, 1.165) is 29.8 Å². The van der Waals surface area contributed by atoms with Crippen LogP contribution in [0.4, 0.5) is 0 Å². The summed E-state index contributed by atoms with van der Waals surface area (Å²) in [7, 11) is 0. The van der Waals surface area contributed by atoms with Gasteiger partial charge < -0.3 is 10.5 Å². The summed E-state index contributed by atoms with van der Waals surface area (Å²) in [6.45, 7) is 6.23. The lowest BCUT2D eigenvalue weighted by atomic mass is 9.84. The van der Waals surface area contributed by atoms with Crippen LogP contribution in [0.3, 0.4) is 0 Å². The van der Waals surface area contributed by atoms with E-state index in [1.165, 1.54) is 18.6 Å². The zero-order chi connectivity index (χ0) is 21.0. The molecule has 154 valence electrons. The van der Waals surface area contributed by atoms with E-state index in [9.17, 15) is 10.0 Å². The molecule has 0 saturated heterocycles. The predicted octanol–water partition coefficient (Wildman–Crippen LogP) is 2.47. The molecule has 2 aliphatic rings. The molecule has 2 aliphatic carbocycles. The topological polar surface area (TPSA) is 99.6 Å². The smallest absolute Gasteiger partial charge is 0.272 e. The third-order valence-electron chi connectivity index (χ3n) is 5.98. The number of hydrogen-bond donors (Lipinski definition) is 1. The number of nitrogens with one attached hydrogen (secondary N) is 1. The van der Waals surface area contributed by atoms with Crippen molar-refractivity contribution in [3.05, 3.63) is 70.8 Å². The lowest BCUT2D eigenvalue weighted by Crippen LogP contribution is -2.37. The van der Waals surface area contributed by atoms with E-state index < -0.39 is 0 Å². The largest absolute Gasteiger partial charge is 0.619 e. The van der Waals surface area contributed by atoms with Crippen LogP contribution in [0.15, 0.2) is 43.0 Å². The third-order valence-corrected chi connectivity index (χ3v) is 5.98. The molecule has 0 bridgehead atoms. The molecule has 3 aromatic rings. The predicted molar refractivity (Wildman–Crippen MR) is 109 cm³/mol. The average Bonchev–Trinajstić information content (AvgIpc) is 3.21. The van der Waals surface area contributed by atoms with Gasteiger partial charge >= 0.3 is 0 Å². The normalized spacial score (nSPS) is 20.4. The van der Waals surface area contributed by atoms with Gasteiger partial charge in [0, 0.05) is 17.7 Å². The Kier molecular flexibility index (Phi) is 4.13. The maximum absolute atomic E-state index is 13.4. The second-order valence-electron chi connectivity index (χ2n) is 9.23. The molecule has 0 radical (unpaired) electrons. The Labute approximate surface area is 174 Å². The molecule has 1 N–H and O–H groups in total. The van der Waals surface area contributed by atoms with Crippen molar-refractivity contribution in [2.24, 2.45) is 11.3 Å². The first-order chi connectivity index (χ1) is 14.3. The van der Waals surface area contributed by atoms with Gasteiger partial charge in [-0.15, -0.1) is 0 Å². The number of nitrogens with zero attached hydrogens (tertiary/aromatic N) is 5. The summed E-state index contributed by atoms with van der Waals surface area (Å²) in [5, 5.41) is 19.5. The van der Waals surface area contributed by atoms with Gasteiger partial charge in [-0.05, 0) is 36.3 Å². The Morgan fingerprint density at radius 3 is 2.83 bits per heavy atom. The molecule has 30 heavy (non-hydrogen) atoms. The average molecular weight is 404 g/mol. The Bertz CT molecular complexity index is 1120. The van der Waals surface area contributed by atoms with Crippen LogP contribution in [0.5, 0.6) is 0 Å². The summed E-state index contributed by atoms with van der Waals surface area (Å²) in [6.07, 6.45) is 7.85. The summed E-state index contributed by atoms with van der Waals surface area (Å²) >= 11 is 0. The van der Waals surface area contributed by atoms with Gasteiger partial charge in [0.1, 0.15) is 0 Å². The number of carbonyl (C=O) groups is 1. The molecule has 1 fully saturated rings. The molecule has 1 saturated carbocycles. The molecule has 3 aromatic heterocycles. The Hall–Kier alpha value is -3.29. The minimum absolute atomic E-state index is 0.220. The molecule has 1 amide bonds.